The van der Waals surface area contributed by atoms with E-state index in [1.807, 2.05) is 49.4 Å². The molecule has 0 spiro atoms. The van der Waals surface area contributed by atoms with Crippen molar-refractivity contribution in [2.45, 2.75) is 6.92 Å². The van der Waals surface area contributed by atoms with Crippen LogP contribution < -0.4 is 15.2 Å². The van der Waals surface area contributed by atoms with Crippen LogP contribution in [0, 0.1) is 6.92 Å². The van der Waals surface area contributed by atoms with Crippen LogP contribution in [0.25, 0.3) is 26.5 Å². The molecule has 6 nitrogen and oxygen atoms in total. The molecule has 4 aromatic rings. The average Bonchev–Trinajstić information content (AvgIpc) is 3.21. The van der Waals surface area contributed by atoms with E-state index >= 15 is 0 Å². The lowest BCUT2D eigenvalue weighted by molar-refractivity contribution is 0.355. The Morgan fingerprint density at radius 3 is 2.54 bits per heavy atom. The lowest BCUT2D eigenvalue weighted by Crippen LogP contribution is -2.01. The highest BCUT2D eigenvalue weighted by Gasteiger charge is 2.19. The van der Waals surface area contributed by atoms with E-state index in [2.05, 4.69) is 10.1 Å². The minimum atomic E-state index is 0.550. The monoisotopic (exact) mass is 366 g/mol. The number of hydrogen-bond acceptors (Lipinski definition) is 6. The fourth-order valence-electron chi connectivity index (χ4n) is 2.99. The second-order valence-electron chi connectivity index (χ2n) is 5.79. The maximum Gasteiger partial charge on any atom is 0.213 e. The summed E-state index contributed by atoms with van der Waals surface area (Å²) in [5, 5.41) is 5.37. The van der Waals surface area contributed by atoms with E-state index in [0.29, 0.717) is 17.3 Å². The minimum Gasteiger partial charge on any atom is -0.493 e. The van der Waals surface area contributed by atoms with Crippen molar-refractivity contribution in [1.82, 2.24) is 14.8 Å². The number of methoxy groups -OCH3 is 2. The molecular weight excluding hydrogens is 348 g/mol. The first kappa shape index (κ1) is 16.4. The van der Waals surface area contributed by atoms with Crippen LogP contribution in [0.1, 0.15) is 5.69 Å². The fourth-order valence-corrected chi connectivity index (χ4v) is 3.92. The molecule has 2 aromatic carbocycles. The minimum absolute atomic E-state index is 0.550. The molecule has 0 bridgehead atoms. The van der Waals surface area contributed by atoms with Crippen molar-refractivity contribution >= 4 is 27.4 Å². The summed E-state index contributed by atoms with van der Waals surface area (Å²) < 4.78 is 13.5. The first-order chi connectivity index (χ1) is 12.6. The molecule has 2 heterocycles. The van der Waals surface area contributed by atoms with Gasteiger partial charge in [0.2, 0.25) is 5.13 Å². The van der Waals surface area contributed by atoms with Gasteiger partial charge in [0.05, 0.1) is 30.1 Å². The van der Waals surface area contributed by atoms with Crippen molar-refractivity contribution in [2.24, 2.45) is 0 Å². The summed E-state index contributed by atoms with van der Waals surface area (Å²) in [6.45, 7) is 1.94. The number of nitrogens with two attached hydrogens (primary N) is 1. The van der Waals surface area contributed by atoms with Gasteiger partial charge in [-0.15, -0.1) is 0 Å². The summed E-state index contributed by atoms with van der Waals surface area (Å²) in [6, 6.07) is 13.7. The molecule has 2 aromatic heterocycles. The highest BCUT2D eigenvalue weighted by molar-refractivity contribution is 7.20. The van der Waals surface area contributed by atoms with Gasteiger partial charge in [-0.05, 0) is 36.8 Å². The van der Waals surface area contributed by atoms with Crippen LogP contribution >= 0.6 is 11.3 Å². The highest BCUT2D eigenvalue weighted by Crippen LogP contribution is 2.37. The van der Waals surface area contributed by atoms with Crippen molar-refractivity contribution in [3.8, 4) is 27.8 Å². The molecule has 2 N–H and O–H groups in total. The van der Waals surface area contributed by atoms with Gasteiger partial charge in [-0.25, -0.2) is 4.98 Å². The molecule has 0 aliphatic carbocycles. The van der Waals surface area contributed by atoms with E-state index in [4.69, 9.17) is 15.2 Å². The second kappa shape index (κ2) is 6.34. The van der Waals surface area contributed by atoms with Crippen molar-refractivity contribution in [3.63, 3.8) is 0 Å². The third-order valence-electron chi connectivity index (χ3n) is 4.23. The number of rotatable bonds is 4. The van der Waals surface area contributed by atoms with Gasteiger partial charge in [0, 0.05) is 5.56 Å². The van der Waals surface area contributed by atoms with Gasteiger partial charge in [0.25, 0.3) is 0 Å². The number of fused-ring (bicyclic) bond motifs is 1. The molecule has 0 saturated carbocycles. The number of ether oxygens (including phenoxy) is 2. The summed E-state index contributed by atoms with van der Waals surface area (Å²) in [4.78, 5) is 4.65. The van der Waals surface area contributed by atoms with Crippen LogP contribution in [-0.2, 0) is 0 Å². The maximum atomic E-state index is 6.45. The van der Waals surface area contributed by atoms with E-state index in [-0.39, 0.29) is 0 Å². The number of hydrogen-bond donors (Lipinski definition) is 1. The lowest BCUT2D eigenvalue weighted by atomic mass is 10.1. The Bertz CT molecular complexity index is 1070. The third-order valence-corrected chi connectivity index (χ3v) is 5.24. The molecular formula is C19H18N4O2S. The van der Waals surface area contributed by atoms with Crippen molar-refractivity contribution < 1.29 is 9.47 Å². The molecule has 132 valence electrons. The predicted octanol–water partition coefficient (Wildman–Crippen LogP) is 4.06. The number of thiazole rings is 1. The SMILES string of the molecule is COc1ccc(-c2c(C)nn(-c3nc4ccccc4s3)c2N)cc1OC. The Morgan fingerprint density at radius 2 is 1.81 bits per heavy atom. The largest absolute Gasteiger partial charge is 0.493 e. The number of para-hydroxylation sites is 1. The number of anilines is 1. The molecule has 0 radical (unpaired) electrons. The van der Waals surface area contributed by atoms with Crippen molar-refractivity contribution in [2.75, 3.05) is 20.0 Å². The molecule has 0 fully saturated rings. The van der Waals surface area contributed by atoms with Crippen LogP contribution in [0.15, 0.2) is 42.5 Å². The molecule has 7 heteroatoms. The van der Waals surface area contributed by atoms with Gasteiger partial charge in [0.15, 0.2) is 11.5 Å². The molecule has 4 rings (SSSR count). The third kappa shape index (κ3) is 2.57. The van der Waals surface area contributed by atoms with E-state index < -0.39 is 0 Å². The molecule has 0 aliphatic rings. The Kier molecular flexibility index (Phi) is 4.00. The molecule has 0 atom stereocenters. The van der Waals surface area contributed by atoms with Crippen LogP contribution in [0.4, 0.5) is 5.82 Å². The Balaban J connectivity index is 1.84. The summed E-state index contributed by atoms with van der Waals surface area (Å²) in [6.07, 6.45) is 0. The van der Waals surface area contributed by atoms with Gasteiger partial charge in [-0.2, -0.15) is 9.78 Å². The summed E-state index contributed by atoms with van der Waals surface area (Å²) >= 11 is 1.56. The van der Waals surface area contributed by atoms with Crippen LogP contribution in [0.3, 0.4) is 0 Å². The number of nitrogens with zero attached hydrogens (tertiary/aromatic N) is 3. The van der Waals surface area contributed by atoms with Crippen LogP contribution in [0.2, 0.25) is 0 Å². The van der Waals surface area contributed by atoms with Crippen LogP contribution in [-0.4, -0.2) is 29.0 Å². The zero-order chi connectivity index (χ0) is 18.3. The molecule has 0 unspecified atom stereocenters. The van der Waals surface area contributed by atoms with Crippen LogP contribution in [0.5, 0.6) is 11.5 Å². The maximum absolute atomic E-state index is 6.45. The standard InChI is InChI=1S/C19H18N4O2S/c1-11-17(12-8-9-14(24-2)15(10-12)25-3)18(20)23(22-11)19-21-13-6-4-5-7-16(13)26-19/h4-10H,20H2,1-3H3. The van der Waals surface area contributed by atoms with Gasteiger partial charge < -0.3 is 15.2 Å². The summed E-state index contributed by atoms with van der Waals surface area (Å²) in [5.74, 6) is 1.87. The number of aryl methyl sites for hydroxylation is 1. The normalized spacial score (nSPS) is 11.0. The summed E-state index contributed by atoms with van der Waals surface area (Å²) in [5.41, 5.74) is 10.00. The highest BCUT2D eigenvalue weighted by atomic mass is 32.1. The Morgan fingerprint density at radius 1 is 1.04 bits per heavy atom. The zero-order valence-corrected chi connectivity index (χ0v) is 15.5. The summed E-state index contributed by atoms with van der Waals surface area (Å²) in [7, 11) is 3.23. The molecule has 26 heavy (non-hydrogen) atoms. The quantitative estimate of drug-likeness (QED) is 0.589. The van der Waals surface area contributed by atoms with Gasteiger partial charge in [-0.1, -0.05) is 29.5 Å². The first-order valence-electron chi connectivity index (χ1n) is 8.06. The van der Waals surface area contributed by atoms with E-state index in [1.54, 1.807) is 30.2 Å². The van der Waals surface area contributed by atoms with Crippen molar-refractivity contribution in [3.05, 3.63) is 48.2 Å². The first-order valence-corrected chi connectivity index (χ1v) is 8.87. The topological polar surface area (TPSA) is 75.2 Å². The van der Waals surface area contributed by atoms with Gasteiger partial charge in [-0.3, -0.25) is 0 Å². The van der Waals surface area contributed by atoms with E-state index in [0.717, 1.165) is 32.2 Å². The number of nitrogen functional groups attached to an aromatic ring is 1. The van der Waals surface area contributed by atoms with Gasteiger partial charge in [0.1, 0.15) is 5.82 Å². The smallest absolute Gasteiger partial charge is 0.213 e. The second-order valence-corrected chi connectivity index (χ2v) is 6.80. The lowest BCUT2D eigenvalue weighted by Gasteiger charge is -2.10. The zero-order valence-electron chi connectivity index (χ0n) is 14.7. The average molecular weight is 366 g/mol. The molecule has 0 aliphatic heterocycles. The van der Waals surface area contributed by atoms with Crippen molar-refractivity contribution in [1.29, 1.82) is 0 Å². The fraction of sp³-hybridized carbons (Fsp3) is 0.158. The van der Waals surface area contributed by atoms with E-state index in [9.17, 15) is 0 Å². The number of aromatic nitrogens is 3. The van der Waals surface area contributed by atoms with E-state index in [1.165, 1.54) is 0 Å². The molecule has 0 amide bonds. The Labute approximate surface area is 154 Å². The number of benzene rings is 2. The predicted molar refractivity (Wildman–Crippen MR) is 104 cm³/mol. The van der Waals surface area contributed by atoms with Gasteiger partial charge >= 0.3 is 0 Å². The Hall–Kier alpha value is -3.06. The molecule has 0 saturated heterocycles.